The van der Waals surface area contributed by atoms with E-state index in [9.17, 15) is 13.6 Å². The molecule has 0 N–H and O–H groups in total. The van der Waals surface area contributed by atoms with Gasteiger partial charge in [0.25, 0.3) is 0 Å². The Kier molecular flexibility index (Phi) is 4.97. The molecule has 0 spiro atoms. The average molecular weight is 412 g/mol. The monoisotopic (exact) mass is 412 g/mol. The molecule has 0 unspecified atom stereocenters. The second-order valence-electron chi connectivity index (χ2n) is 8.86. The van der Waals surface area contributed by atoms with Crippen molar-refractivity contribution < 1.29 is 18.3 Å². The van der Waals surface area contributed by atoms with E-state index in [1.165, 1.54) is 6.07 Å². The number of halogens is 2. The summed E-state index contributed by atoms with van der Waals surface area (Å²) in [5.41, 5.74) is 2.71. The fraction of sp³-hybridized carbons (Fsp3) is 0.458. The summed E-state index contributed by atoms with van der Waals surface area (Å²) in [6, 6.07) is 11.2. The highest BCUT2D eigenvalue weighted by Crippen LogP contribution is 2.41. The molecule has 2 aromatic carbocycles. The first-order valence-corrected chi connectivity index (χ1v) is 10.7. The lowest BCUT2D eigenvalue weighted by Crippen LogP contribution is -2.51. The Morgan fingerprint density at radius 1 is 1.00 bits per heavy atom. The Morgan fingerprint density at radius 3 is 2.47 bits per heavy atom. The van der Waals surface area contributed by atoms with Crippen LogP contribution in [0.1, 0.15) is 42.0 Å². The van der Waals surface area contributed by atoms with Crippen molar-refractivity contribution in [2.75, 3.05) is 32.8 Å². The summed E-state index contributed by atoms with van der Waals surface area (Å²) in [5.74, 6) is -1.79. The molecule has 6 heteroatoms. The zero-order chi connectivity index (χ0) is 20.7. The maximum absolute atomic E-state index is 14.0. The summed E-state index contributed by atoms with van der Waals surface area (Å²) in [4.78, 5) is 17.3. The van der Waals surface area contributed by atoms with Crippen LogP contribution in [-0.2, 0) is 11.2 Å². The Bertz CT molecular complexity index is 942. The molecule has 1 amide bonds. The molecule has 0 aromatic heterocycles. The minimum atomic E-state index is -0.906. The second kappa shape index (κ2) is 7.65. The molecule has 3 fully saturated rings. The Morgan fingerprint density at radius 2 is 1.73 bits per heavy atom. The van der Waals surface area contributed by atoms with Gasteiger partial charge in [0, 0.05) is 12.0 Å². The van der Waals surface area contributed by atoms with Gasteiger partial charge in [0.05, 0.1) is 12.6 Å². The van der Waals surface area contributed by atoms with Crippen LogP contribution < -0.4 is 0 Å². The van der Waals surface area contributed by atoms with E-state index < -0.39 is 17.7 Å². The number of ether oxygens (including phenoxy) is 1. The lowest BCUT2D eigenvalue weighted by Gasteiger charge is -2.48. The summed E-state index contributed by atoms with van der Waals surface area (Å²) >= 11 is 0. The van der Waals surface area contributed by atoms with Gasteiger partial charge in [0.1, 0.15) is 0 Å². The van der Waals surface area contributed by atoms with Crippen LogP contribution in [0.3, 0.4) is 0 Å². The van der Waals surface area contributed by atoms with E-state index >= 15 is 0 Å². The molecule has 2 aromatic rings. The maximum Gasteiger partial charge on any atom is 0.410 e. The minimum Gasteiger partial charge on any atom is -0.449 e. The first-order chi connectivity index (χ1) is 14.5. The van der Waals surface area contributed by atoms with Crippen LogP contribution in [0.25, 0.3) is 0 Å². The summed E-state index contributed by atoms with van der Waals surface area (Å²) in [7, 11) is 0. The summed E-state index contributed by atoms with van der Waals surface area (Å²) in [6.45, 7) is 4.15. The Labute approximate surface area is 175 Å². The van der Waals surface area contributed by atoms with Crippen molar-refractivity contribution in [3.63, 3.8) is 0 Å². The van der Waals surface area contributed by atoms with Crippen LogP contribution in [0, 0.1) is 17.0 Å². The highest BCUT2D eigenvalue weighted by atomic mass is 19.2. The number of amides is 1. The van der Waals surface area contributed by atoms with Crippen molar-refractivity contribution >= 4 is 6.09 Å². The molecule has 4 nitrogen and oxygen atoms in total. The van der Waals surface area contributed by atoms with Crippen LogP contribution in [0.5, 0.6) is 0 Å². The highest BCUT2D eigenvalue weighted by molar-refractivity contribution is 5.70. The van der Waals surface area contributed by atoms with E-state index in [-0.39, 0.29) is 11.5 Å². The lowest BCUT2D eigenvalue weighted by molar-refractivity contribution is -0.0300. The highest BCUT2D eigenvalue weighted by Gasteiger charge is 2.41. The van der Waals surface area contributed by atoms with Crippen LogP contribution in [0.15, 0.2) is 42.5 Å². The number of nitrogens with zero attached hydrogens (tertiary/aromatic N) is 2. The molecule has 0 aliphatic carbocycles. The molecular weight excluding hydrogens is 386 g/mol. The lowest BCUT2D eigenvalue weighted by atomic mass is 9.73. The average Bonchev–Trinajstić information content (AvgIpc) is 2.80. The third-order valence-corrected chi connectivity index (χ3v) is 7.15. The van der Waals surface area contributed by atoms with Crippen molar-refractivity contribution in [2.45, 2.75) is 31.7 Å². The normalized spacial score (nSPS) is 27.6. The van der Waals surface area contributed by atoms with Gasteiger partial charge < -0.3 is 9.64 Å². The SMILES string of the molecule is O=C(OCC12CCN(CC1)CC2)N1CCc2ccccc2[C@H]1c1ccc(F)c(F)c1. The molecule has 4 heterocycles. The zero-order valence-electron chi connectivity index (χ0n) is 16.9. The molecule has 0 radical (unpaired) electrons. The van der Waals surface area contributed by atoms with Crippen LogP contribution in [0.4, 0.5) is 13.6 Å². The van der Waals surface area contributed by atoms with Gasteiger partial charge in [0.2, 0.25) is 0 Å². The van der Waals surface area contributed by atoms with E-state index in [1.807, 2.05) is 24.3 Å². The van der Waals surface area contributed by atoms with E-state index in [4.69, 9.17) is 4.74 Å². The fourth-order valence-corrected chi connectivity index (χ4v) is 5.22. The summed E-state index contributed by atoms with van der Waals surface area (Å²) in [6.07, 6.45) is 3.54. The van der Waals surface area contributed by atoms with Gasteiger partial charge in [-0.1, -0.05) is 30.3 Å². The van der Waals surface area contributed by atoms with Crippen LogP contribution in [0.2, 0.25) is 0 Å². The van der Waals surface area contributed by atoms with Gasteiger partial charge >= 0.3 is 6.09 Å². The molecule has 1 atom stereocenters. The molecular formula is C24H26F2N2O2. The molecule has 3 saturated heterocycles. The molecule has 2 bridgehead atoms. The number of hydrogen-bond acceptors (Lipinski definition) is 3. The quantitative estimate of drug-likeness (QED) is 0.742. The number of fused-ring (bicyclic) bond motifs is 4. The maximum atomic E-state index is 14.0. The Balaban J connectivity index is 1.41. The van der Waals surface area contributed by atoms with E-state index in [0.29, 0.717) is 25.1 Å². The smallest absolute Gasteiger partial charge is 0.410 e. The van der Waals surface area contributed by atoms with Gasteiger partial charge in [0.15, 0.2) is 11.6 Å². The van der Waals surface area contributed by atoms with Crippen molar-refractivity contribution in [1.82, 2.24) is 9.80 Å². The molecule has 30 heavy (non-hydrogen) atoms. The summed E-state index contributed by atoms with van der Waals surface area (Å²) in [5, 5.41) is 0. The van der Waals surface area contributed by atoms with Gasteiger partial charge in [-0.15, -0.1) is 0 Å². The number of benzene rings is 2. The van der Waals surface area contributed by atoms with Crippen LogP contribution in [-0.4, -0.2) is 48.7 Å². The van der Waals surface area contributed by atoms with Gasteiger partial charge in [-0.25, -0.2) is 13.6 Å². The molecule has 0 saturated carbocycles. The minimum absolute atomic E-state index is 0.0928. The van der Waals surface area contributed by atoms with E-state index in [1.54, 1.807) is 11.0 Å². The topological polar surface area (TPSA) is 32.8 Å². The fourth-order valence-electron chi connectivity index (χ4n) is 5.22. The predicted molar refractivity (Wildman–Crippen MR) is 109 cm³/mol. The number of piperidine rings is 3. The van der Waals surface area contributed by atoms with Crippen molar-refractivity contribution in [3.8, 4) is 0 Å². The second-order valence-corrected chi connectivity index (χ2v) is 8.86. The number of rotatable bonds is 3. The van der Waals surface area contributed by atoms with Gasteiger partial charge in [-0.3, -0.25) is 4.90 Å². The van der Waals surface area contributed by atoms with Crippen molar-refractivity contribution in [2.24, 2.45) is 5.41 Å². The van der Waals surface area contributed by atoms with Crippen molar-refractivity contribution in [3.05, 3.63) is 70.8 Å². The van der Waals surface area contributed by atoms with Crippen LogP contribution >= 0.6 is 0 Å². The van der Waals surface area contributed by atoms with Gasteiger partial charge in [-0.2, -0.15) is 0 Å². The summed E-state index contributed by atoms with van der Waals surface area (Å²) < 4.78 is 33.4. The third-order valence-electron chi connectivity index (χ3n) is 7.15. The zero-order valence-corrected chi connectivity index (χ0v) is 16.9. The molecule has 4 aliphatic heterocycles. The van der Waals surface area contributed by atoms with E-state index in [0.717, 1.165) is 56.1 Å². The number of carbonyl (C=O) groups excluding carboxylic acids is 1. The molecule has 4 aliphatic rings. The third kappa shape index (κ3) is 3.47. The molecule has 6 rings (SSSR count). The number of hydrogen-bond donors (Lipinski definition) is 0. The largest absolute Gasteiger partial charge is 0.449 e. The standard InChI is InChI=1S/C24H26F2N2O2/c25-20-6-5-18(15-21(20)26)22-19-4-2-1-3-17(19)7-11-28(22)23(29)30-16-24-8-12-27(13-9-24)14-10-24/h1-6,15,22H,7-14,16H2/t22-/m1/s1. The van der Waals surface area contributed by atoms with Gasteiger partial charge in [-0.05, 0) is 74.1 Å². The predicted octanol–water partition coefficient (Wildman–Crippen LogP) is 4.53. The first kappa shape index (κ1) is 19.5. The van der Waals surface area contributed by atoms with Crippen molar-refractivity contribution in [1.29, 1.82) is 0 Å². The molecule has 158 valence electrons. The number of carbonyl (C=O) groups is 1. The first-order valence-electron chi connectivity index (χ1n) is 10.7. The van der Waals surface area contributed by atoms with E-state index in [2.05, 4.69) is 4.90 Å². The Hall–Kier alpha value is -2.47.